The Bertz CT molecular complexity index is 429. The molecule has 0 atom stereocenters. The molecule has 86 valence electrons. The number of imidazole rings is 1. The molecule has 0 aliphatic heterocycles. The Morgan fingerprint density at radius 1 is 1.50 bits per heavy atom. The molecule has 0 radical (unpaired) electrons. The van der Waals surface area contributed by atoms with Crippen LogP contribution in [0.15, 0.2) is 18.6 Å². The number of nitrogens with one attached hydrogen (secondary N) is 2. The lowest BCUT2D eigenvalue weighted by atomic mass is 10.2. The van der Waals surface area contributed by atoms with Gasteiger partial charge in [-0.3, -0.25) is 4.68 Å². The van der Waals surface area contributed by atoms with Crippen LogP contribution in [0, 0.1) is 6.92 Å². The third-order valence-corrected chi connectivity index (χ3v) is 2.75. The number of nitrogens with zero attached hydrogens (tertiary/aromatic N) is 3. The van der Waals surface area contributed by atoms with Crippen LogP contribution in [0.4, 0.5) is 0 Å². The lowest BCUT2D eigenvalue weighted by Crippen LogP contribution is -2.17. The second-order valence-corrected chi connectivity index (χ2v) is 3.84. The quantitative estimate of drug-likeness (QED) is 0.731. The summed E-state index contributed by atoms with van der Waals surface area (Å²) in [7, 11) is 1.96. The number of aromatic amines is 1. The minimum atomic E-state index is 0.861. The molecule has 16 heavy (non-hydrogen) atoms. The van der Waals surface area contributed by atoms with Gasteiger partial charge in [-0.2, -0.15) is 5.10 Å². The summed E-state index contributed by atoms with van der Waals surface area (Å²) in [6, 6.07) is 0. The van der Waals surface area contributed by atoms with E-state index in [1.807, 2.05) is 24.1 Å². The van der Waals surface area contributed by atoms with Crippen LogP contribution in [0.1, 0.15) is 17.1 Å². The second kappa shape index (κ2) is 4.94. The van der Waals surface area contributed by atoms with E-state index in [0.29, 0.717) is 0 Å². The zero-order valence-electron chi connectivity index (χ0n) is 9.70. The molecule has 0 saturated heterocycles. The van der Waals surface area contributed by atoms with Gasteiger partial charge in [0, 0.05) is 50.2 Å². The molecule has 0 amide bonds. The third-order valence-electron chi connectivity index (χ3n) is 2.75. The largest absolute Gasteiger partial charge is 0.349 e. The fourth-order valence-electron chi connectivity index (χ4n) is 1.58. The van der Waals surface area contributed by atoms with Gasteiger partial charge in [-0.05, 0) is 6.92 Å². The van der Waals surface area contributed by atoms with Crippen molar-refractivity contribution in [1.82, 2.24) is 25.1 Å². The van der Waals surface area contributed by atoms with Crippen LogP contribution in [0.5, 0.6) is 0 Å². The van der Waals surface area contributed by atoms with Gasteiger partial charge in [0.1, 0.15) is 5.82 Å². The predicted molar refractivity (Wildman–Crippen MR) is 61.9 cm³/mol. The Morgan fingerprint density at radius 3 is 3.00 bits per heavy atom. The van der Waals surface area contributed by atoms with Crippen molar-refractivity contribution in [1.29, 1.82) is 0 Å². The van der Waals surface area contributed by atoms with Crippen molar-refractivity contribution in [3.8, 4) is 0 Å². The molecule has 0 aliphatic carbocycles. The Labute approximate surface area is 94.9 Å². The average Bonchev–Trinajstić information content (AvgIpc) is 2.88. The number of aryl methyl sites for hydroxylation is 1. The normalized spacial score (nSPS) is 10.9. The summed E-state index contributed by atoms with van der Waals surface area (Å²) < 4.78 is 1.89. The fraction of sp³-hybridized carbons (Fsp3) is 0.455. The van der Waals surface area contributed by atoms with Gasteiger partial charge in [-0.25, -0.2) is 4.98 Å². The molecule has 5 nitrogen and oxygen atoms in total. The molecule has 2 heterocycles. The summed E-state index contributed by atoms with van der Waals surface area (Å²) in [5, 5.41) is 7.58. The SMILES string of the molecule is Cc1c(CNCCc2ncc[nH]2)cnn1C. The second-order valence-electron chi connectivity index (χ2n) is 3.84. The standard InChI is InChI=1S/C11H17N5/c1-9-10(8-15-16(9)2)7-12-4-3-11-13-5-6-14-11/h5-6,8,12H,3-4,7H2,1-2H3,(H,13,14). The molecular weight excluding hydrogens is 202 g/mol. The first-order chi connectivity index (χ1) is 7.77. The molecule has 2 rings (SSSR count). The molecule has 5 heteroatoms. The van der Waals surface area contributed by atoms with Crippen LogP contribution in [0.3, 0.4) is 0 Å². The minimum absolute atomic E-state index is 0.861. The van der Waals surface area contributed by atoms with Crippen molar-refractivity contribution < 1.29 is 0 Å². The summed E-state index contributed by atoms with van der Waals surface area (Å²) in [4.78, 5) is 7.25. The van der Waals surface area contributed by atoms with E-state index in [1.165, 1.54) is 11.3 Å². The highest BCUT2D eigenvalue weighted by atomic mass is 15.3. The van der Waals surface area contributed by atoms with E-state index < -0.39 is 0 Å². The maximum Gasteiger partial charge on any atom is 0.107 e. The van der Waals surface area contributed by atoms with Gasteiger partial charge in [0.05, 0.1) is 6.20 Å². The van der Waals surface area contributed by atoms with E-state index in [1.54, 1.807) is 6.20 Å². The highest BCUT2D eigenvalue weighted by Crippen LogP contribution is 2.04. The van der Waals surface area contributed by atoms with E-state index in [0.717, 1.165) is 25.3 Å². The molecule has 2 aromatic heterocycles. The summed E-state index contributed by atoms with van der Waals surface area (Å²) in [5.41, 5.74) is 2.47. The molecule has 2 aromatic rings. The highest BCUT2D eigenvalue weighted by molar-refractivity contribution is 5.15. The van der Waals surface area contributed by atoms with Crippen LogP contribution in [-0.2, 0) is 20.0 Å². The van der Waals surface area contributed by atoms with Crippen molar-refractivity contribution in [2.45, 2.75) is 19.9 Å². The van der Waals surface area contributed by atoms with Gasteiger partial charge >= 0.3 is 0 Å². The summed E-state index contributed by atoms with van der Waals surface area (Å²) in [6.07, 6.45) is 6.46. The Kier molecular flexibility index (Phi) is 3.36. The van der Waals surface area contributed by atoms with Crippen molar-refractivity contribution in [2.75, 3.05) is 6.54 Å². The van der Waals surface area contributed by atoms with E-state index in [4.69, 9.17) is 0 Å². The molecule has 0 spiro atoms. The summed E-state index contributed by atoms with van der Waals surface area (Å²) >= 11 is 0. The molecule has 0 aromatic carbocycles. The van der Waals surface area contributed by atoms with Crippen molar-refractivity contribution in [3.63, 3.8) is 0 Å². The Morgan fingerprint density at radius 2 is 2.38 bits per heavy atom. The van der Waals surface area contributed by atoms with Crippen molar-refractivity contribution in [2.24, 2.45) is 7.05 Å². The van der Waals surface area contributed by atoms with Gasteiger partial charge in [-0.15, -0.1) is 0 Å². The van der Waals surface area contributed by atoms with Gasteiger partial charge in [0.15, 0.2) is 0 Å². The maximum atomic E-state index is 4.20. The summed E-state index contributed by atoms with van der Waals surface area (Å²) in [5.74, 6) is 1.02. The van der Waals surface area contributed by atoms with Gasteiger partial charge in [0.2, 0.25) is 0 Å². The molecule has 2 N–H and O–H groups in total. The number of aromatic nitrogens is 4. The molecular formula is C11H17N5. The van der Waals surface area contributed by atoms with Crippen LogP contribution >= 0.6 is 0 Å². The Hall–Kier alpha value is -1.62. The molecule has 0 unspecified atom stereocenters. The van der Waals surface area contributed by atoms with E-state index in [9.17, 15) is 0 Å². The third kappa shape index (κ3) is 2.49. The average molecular weight is 219 g/mol. The van der Waals surface area contributed by atoms with Crippen LogP contribution in [0.2, 0.25) is 0 Å². The first kappa shape index (κ1) is 10.9. The number of rotatable bonds is 5. The first-order valence-electron chi connectivity index (χ1n) is 5.44. The van der Waals surface area contributed by atoms with Gasteiger partial charge in [0.25, 0.3) is 0 Å². The van der Waals surface area contributed by atoms with E-state index in [-0.39, 0.29) is 0 Å². The molecule has 0 bridgehead atoms. The van der Waals surface area contributed by atoms with Crippen LogP contribution < -0.4 is 5.32 Å². The number of hydrogen-bond donors (Lipinski definition) is 2. The van der Waals surface area contributed by atoms with Crippen molar-refractivity contribution >= 4 is 0 Å². The first-order valence-corrected chi connectivity index (χ1v) is 5.44. The van der Waals surface area contributed by atoms with E-state index >= 15 is 0 Å². The zero-order chi connectivity index (χ0) is 11.4. The highest BCUT2D eigenvalue weighted by Gasteiger charge is 2.02. The number of hydrogen-bond acceptors (Lipinski definition) is 3. The number of H-pyrrole nitrogens is 1. The van der Waals surface area contributed by atoms with Gasteiger partial charge in [-0.1, -0.05) is 0 Å². The Balaban J connectivity index is 1.74. The molecule has 0 fully saturated rings. The van der Waals surface area contributed by atoms with Gasteiger partial charge < -0.3 is 10.3 Å². The lowest BCUT2D eigenvalue weighted by Gasteiger charge is -2.03. The fourth-order valence-corrected chi connectivity index (χ4v) is 1.58. The smallest absolute Gasteiger partial charge is 0.107 e. The zero-order valence-corrected chi connectivity index (χ0v) is 9.70. The van der Waals surface area contributed by atoms with Crippen LogP contribution in [0.25, 0.3) is 0 Å². The monoisotopic (exact) mass is 219 g/mol. The summed E-state index contributed by atoms with van der Waals surface area (Å²) in [6.45, 7) is 3.86. The maximum absolute atomic E-state index is 4.20. The lowest BCUT2D eigenvalue weighted by molar-refractivity contribution is 0.668. The van der Waals surface area contributed by atoms with Crippen molar-refractivity contribution in [3.05, 3.63) is 35.7 Å². The van der Waals surface area contributed by atoms with Crippen LogP contribution in [-0.4, -0.2) is 26.3 Å². The minimum Gasteiger partial charge on any atom is -0.349 e. The molecule has 0 aliphatic rings. The predicted octanol–water partition coefficient (Wildman–Crippen LogP) is 0.784. The topological polar surface area (TPSA) is 58.5 Å². The van der Waals surface area contributed by atoms with E-state index in [2.05, 4.69) is 27.3 Å². The molecule has 0 saturated carbocycles.